The summed E-state index contributed by atoms with van der Waals surface area (Å²) in [4.78, 5) is 3.99. The summed E-state index contributed by atoms with van der Waals surface area (Å²) in [6, 6.07) is 3.72. The average Bonchev–Trinajstić information content (AvgIpc) is 2.23. The van der Waals surface area contributed by atoms with E-state index in [2.05, 4.69) is 18.0 Å². The summed E-state index contributed by atoms with van der Waals surface area (Å²) in [5.74, 6) is 0.413. The highest BCUT2D eigenvalue weighted by Gasteiger charge is 2.13. The van der Waals surface area contributed by atoms with Crippen LogP contribution in [-0.4, -0.2) is 4.98 Å². The molecule has 1 unspecified atom stereocenters. The van der Waals surface area contributed by atoms with Crippen LogP contribution in [0.1, 0.15) is 37.4 Å². The Morgan fingerprint density at radius 2 is 2.20 bits per heavy atom. The first-order valence-corrected chi connectivity index (χ1v) is 5.49. The van der Waals surface area contributed by atoms with Crippen LogP contribution in [0.2, 0.25) is 0 Å². The van der Waals surface area contributed by atoms with Crippen molar-refractivity contribution in [3.8, 4) is 0 Å². The number of aromatic nitrogens is 1. The van der Waals surface area contributed by atoms with E-state index in [4.69, 9.17) is 0 Å². The van der Waals surface area contributed by atoms with Gasteiger partial charge in [-0.1, -0.05) is 19.1 Å². The largest absolute Gasteiger partial charge is 0.220 e. The molecule has 0 aliphatic heterocycles. The molecule has 1 aliphatic rings. The van der Waals surface area contributed by atoms with Gasteiger partial charge in [-0.3, -0.25) is 0 Å². The van der Waals surface area contributed by atoms with Crippen LogP contribution in [0.15, 0.2) is 18.2 Å². The minimum Gasteiger partial charge on any atom is -0.220 e. The van der Waals surface area contributed by atoms with E-state index in [1.165, 1.54) is 12.0 Å². The van der Waals surface area contributed by atoms with Crippen molar-refractivity contribution < 1.29 is 4.39 Å². The van der Waals surface area contributed by atoms with Gasteiger partial charge in [0.2, 0.25) is 5.95 Å². The fourth-order valence-electron chi connectivity index (χ4n) is 1.88. The van der Waals surface area contributed by atoms with Crippen LogP contribution in [0.25, 0.3) is 5.57 Å². The Bertz CT molecular complexity index is 396. The summed E-state index contributed by atoms with van der Waals surface area (Å²) in [5, 5.41) is 0. The number of allylic oxidation sites excluding steroid dienone is 2. The van der Waals surface area contributed by atoms with E-state index in [9.17, 15) is 4.39 Å². The first-order chi connectivity index (χ1) is 7.16. The van der Waals surface area contributed by atoms with Crippen LogP contribution in [0.3, 0.4) is 0 Å². The number of rotatable bonds is 1. The standard InChI is InChI=1S/C13H16FN/c1-9-3-6-11(7-4-9)12-8-5-10(2)13(14)15-12/h5-6,8-9H,3-4,7H2,1-2H3. The molecular weight excluding hydrogens is 189 g/mol. The maximum absolute atomic E-state index is 13.3. The molecule has 2 rings (SSSR count). The number of nitrogens with zero attached hydrogens (tertiary/aromatic N) is 1. The molecule has 1 aromatic rings. The topological polar surface area (TPSA) is 12.9 Å². The summed E-state index contributed by atoms with van der Waals surface area (Å²) >= 11 is 0. The van der Waals surface area contributed by atoms with Crippen molar-refractivity contribution in [3.63, 3.8) is 0 Å². The Kier molecular flexibility index (Phi) is 2.85. The zero-order chi connectivity index (χ0) is 10.8. The molecule has 2 heteroatoms. The van der Waals surface area contributed by atoms with Gasteiger partial charge in [-0.15, -0.1) is 0 Å². The van der Waals surface area contributed by atoms with Crippen molar-refractivity contribution in [2.75, 3.05) is 0 Å². The molecule has 0 bridgehead atoms. The lowest BCUT2D eigenvalue weighted by atomic mass is 9.89. The third-order valence-corrected chi connectivity index (χ3v) is 3.04. The Morgan fingerprint density at radius 1 is 1.40 bits per heavy atom. The highest BCUT2D eigenvalue weighted by molar-refractivity contribution is 5.63. The fraction of sp³-hybridized carbons (Fsp3) is 0.462. The highest BCUT2D eigenvalue weighted by Crippen LogP contribution is 2.29. The van der Waals surface area contributed by atoms with Gasteiger partial charge in [0.25, 0.3) is 0 Å². The Morgan fingerprint density at radius 3 is 2.80 bits per heavy atom. The second-order valence-corrected chi connectivity index (χ2v) is 4.41. The predicted molar refractivity (Wildman–Crippen MR) is 59.9 cm³/mol. The van der Waals surface area contributed by atoms with Crippen molar-refractivity contribution >= 4 is 5.57 Å². The van der Waals surface area contributed by atoms with E-state index >= 15 is 0 Å². The second kappa shape index (κ2) is 4.13. The Hall–Kier alpha value is -1.18. The molecule has 0 fully saturated rings. The van der Waals surface area contributed by atoms with Crippen LogP contribution in [-0.2, 0) is 0 Å². The van der Waals surface area contributed by atoms with E-state index in [0.717, 1.165) is 24.5 Å². The van der Waals surface area contributed by atoms with E-state index in [1.54, 1.807) is 13.0 Å². The van der Waals surface area contributed by atoms with Crippen molar-refractivity contribution in [1.82, 2.24) is 4.98 Å². The second-order valence-electron chi connectivity index (χ2n) is 4.41. The van der Waals surface area contributed by atoms with Gasteiger partial charge >= 0.3 is 0 Å². The average molecular weight is 205 g/mol. The third-order valence-electron chi connectivity index (χ3n) is 3.04. The predicted octanol–water partition coefficient (Wildman–Crippen LogP) is 3.73. The zero-order valence-corrected chi connectivity index (χ0v) is 9.26. The normalized spacial score (nSPS) is 21.3. The summed E-state index contributed by atoms with van der Waals surface area (Å²) in [7, 11) is 0. The van der Waals surface area contributed by atoms with Crippen LogP contribution in [0, 0.1) is 18.8 Å². The number of halogens is 1. The van der Waals surface area contributed by atoms with Gasteiger partial charge < -0.3 is 0 Å². The highest BCUT2D eigenvalue weighted by atomic mass is 19.1. The van der Waals surface area contributed by atoms with Crippen molar-refractivity contribution in [3.05, 3.63) is 35.4 Å². The molecule has 1 aromatic heterocycles. The van der Waals surface area contributed by atoms with Crippen molar-refractivity contribution in [2.45, 2.75) is 33.1 Å². The number of aryl methyl sites for hydroxylation is 1. The molecule has 0 aromatic carbocycles. The fourth-order valence-corrected chi connectivity index (χ4v) is 1.88. The summed E-state index contributed by atoms with van der Waals surface area (Å²) in [6.07, 6.45) is 5.50. The number of hydrogen-bond donors (Lipinski definition) is 0. The molecule has 0 N–H and O–H groups in total. The van der Waals surface area contributed by atoms with Crippen LogP contribution < -0.4 is 0 Å². The molecule has 0 saturated heterocycles. The molecule has 80 valence electrons. The molecule has 0 radical (unpaired) electrons. The molecule has 1 aliphatic carbocycles. The SMILES string of the molecule is Cc1ccc(C2=CCC(C)CC2)nc1F. The van der Waals surface area contributed by atoms with E-state index in [1.807, 2.05) is 6.07 Å². The van der Waals surface area contributed by atoms with Gasteiger partial charge in [0.15, 0.2) is 0 Å². The third kappa shape index (κ3) is 2.25. The van der Waals surface area contributed by atoms with Crippen molar-refractivity contribution in [2.24, 2.45) is 5.92 Å². The number of hydrogen-bond acceptors (Lipinski definition) is 1. The quantitative estimate of drug-likeness (QED) is 0.636. The smallest absolute Gasteiger partial charge is 0.216 e. The number of pyridine rings is 1. The lowest BCUT2D eigenvalue weighted by molar-refractivity contribution is 0.531. The van der Waals surface area contributed by atoms with Gasteiger partial charge in [-0.05, 0) is 43.7 Å². The van der Waals surface area contributed by atoms with Gasteiger partial charge in [0.1, 0.15) is 0 Å². The van der Waals surface area contributed by atoms with Gasteiger partial charge in [0.05, 0.1) is 5.69 Å². The summed E-state index contributed by atoms with van der Waals surface area (Å²) in [6.45, 7) is 3.99. The molecule has 0 amide bonds. The first-order valence-electron chi connectivity index (χ1n) is 5.49. The molecule has 15 heavy (non-hydrogen) atoms. The Labute approximate surface area is 90.0 Å². The lowest BCUT2D eigenvalue weighted by Crippen LogP contribution is -2.03. The van der Waals surface area contributed by atoms with E-state index in [-0.39, 0.29) is 5.95 Å². The minimum absolute atomic E-state index is 0.341. The molecule has 1 atom stereocenters. The first kappa shape index (κ1) is 10.3. The van der Waals surface area contributed by atoms with Crippen LogP contribution >= 0.6 is 0 Å². The molecule has 1 nitrogen and oxygen atoms in total. The minimum atomic E-state index is -0.341. The lowest BCUT2D eigenvalue weighted by Gasteiger charge is -2.17. The summed E-state index contributed by atoms with van der Waals surface area (Å²) < 4.78 is 13.3. The molecule has 0 saturated carbocycles. The van der Waals surface area contributed by atoms with E-state index < -0.39 is 0 Å². The maximum atomic E-state index is 13.3. The van der Waals surface area contributed by atoms with Crippen molar-refractivity contribution in [1.29, 1.82) is 0 Å². The molecule has 0 spiro atoms. The summed E-state index contributed by atoms with van der Waals surface area (Å²) in [5.41, 5.74) is 2.63. The molecular formula is C13H16FN. The molecule has 1 heterocycles. The zero-order valence-electron chi connectivity index (χ0n) is 9.26. The monoisotopic (exact) mass is 205 g/mol. The van der Waals surface area contributed by atoms with Gasteiger partial charge in [0, 0.05) is 5.56 Å². The van der Waals surface area contributed by atoms with E-state index in [0.29, 0.717) is 5.56 Å². The van der Waals surface area contributed by atoms with Crippen LogP contribution in [0.5, 0.6) is 0 Å². The maximum Gasteiger partial charge on any atom is 0.216 e. The van der Waals surface area contributed by atoms with Gasteiger partial charge in [-0.2, -0.15) is 4.39 Å². The Balaban J connectivity index is 2.26. The van der Waals surface area contributed by atoms with Crippen LogP contribution in [0.4, 0.5) is 4.39 Å². The van der Waals surface area contributed by atoms with Gasteiger partial charge in [-0.25, -0.2) is 4.98 Å².